The fourth-order valence-corrected chi connectivity index (χ4v) is 2.90. The van der Waals surface area contributed by atoms with Gasteiger partial charge in [-0.1, -0.05) is 0 Å². The summed E-state index contributed by atoms with van der Waals surface area (Å²) in [5, 5.41) is 10.7. The molecule has 3 rings (SSSR count). The molecule has 0 fully saturated rings. The summed E-state index contributed by atoms with van der Waals surface area (Å²) >= 11 is 0. The topological polar surface area (TPSA) is 72.8 Å². The normalized spacial score (nSPS) is 11.7. The summed E-state index contributed by atoms with van der Waals surface area (Å²) < 4.78 is 16.6. The maximum atomic E-state index is 12.3. The maximum Gasteiger partial charge on any atom is 0.342 e. The Morgan fingerprint density at radius 3 is 2.35 bits per heavy atom. The Labute approximate surface area is 133 Å². The van der Waals surface area contributed by atoms with Gasteiger partial charge in [0.15, 0.2) is 0 Å². The molecule has 0 aliphatic rings. The summed E-state index contributed by atoms with van der Waals surface area (Å²) in [5.74, 6) is 0.866. The van der Waals surface area contributed by atoms with Gasteiger partial charge in [-0.3, -0.25) is 0 Å². The summed E-state index contributed by atoms with van der Waals surface area (Å²) in [4.78, 5) is 12.3. The van der Waals surface area contributed by atoms with Crippen LogP contribution >= 0.6 is 0 Å². The van der Waals surface area contributed by atoms with Gasteiger partial charge >= 0.3 is 5.63 Å². The van der Waals surface area contributed by atoms with Crippen LogP contribution in [0.5, 0.6) is 0 Å². The van der Waals surface area contributed by atoms with E-state index in [-0.39, 0.29) is 19.8 Å². The number of hydrogen-bond acceptors (Lipinski definition) is 5. The molecule has 0 atom stereocenters. The minimum Gasteiger partial charge on any atom is -0.461 e. The number of fused-ring (bicyclic) bond motifs is 2. The summed E-state index contributed by atoms with van der Waals surface area (Å²) in [7, 11) is 0. The lowest BCUT2D eigenvalue weighted by Crippen LogP contribution is -2.13. The predicted molar refractivity (Wildman–Crippen MR) is 87.9 cm³/mol. The van der Waals surface area contributed by atoms with E-state index in [1.165, 1.54) is 0 Å². The molecule has 1 aromatic carbocycles. The summed E-state index contributed by atoms with van der Waals surface area (Å²) in [6, 6.07) is 2.01. The maximum absolute atomic E-state index is 12.3. The lowest BCUT2D eigenvalue weighted by molar-refractivity contribution is 0.0798. The first kappa shape index (κ1) is 15.8. The Kier molecular flexibility index (Phi) is 4.00. The summed E-state index contributed by atoms with van der Waals surface area (Å²) in [5.41, 5.74) is 4.17. The van der Waals surface area contributed by atoms with E-state index in [4.69, 9.17) is 18.7 Å². The molecule has 0 radical (unpaired) electrons. The van der Waals surface area contributed by atoms with Gasteiger partial charge in [-0.15, -0.1) is 0 Å². The Morgan fingerprint density at radius 1 is 1.00 bits per heavy atom. The highest BCUT2D eigenvalue weighted by Crippen LogP contribution is 2.34. The zero-order chi connectivity index (χ0) is 16.7. The zero-order valence-electron chi connectivity index (χ0n) is 13.8. The van der Waals surface area contributed by atoms with Crippen LogP contribution in [-0.2, 0) is 11.3 Å². The summed E-state index contributed by atoms with van der Waals surface area (Å²) in [6.45, 7) is 7.98. The van der Waals surface area contributed by atoms with Crippen molar-refractivity contribution < 1.29 is 18.7 Å². The van der Waals surface area contributed by atoms with Gasteiger partial charge in [0.1, 0.15) is 16.9 Å². The molecule has 23 heavy (non-hydrogen) atoms. The number of aryl methyl sites for hydroxylation is 4. The van der Waals surface area contributed by atoms with Gasteiger partial charge in [-0.2, -0.15) is 0 Å². The van der Waals surface area contributed by atoms with E-state index in [1.807, 2.05) is 33.8 Å². The minimum atomic E-state index is -0.407. The van der Waals surface area contributed by atoms with E-state index in [1.54, 1.807) is 0 Å². The van der Waals surface area contributed by atoms with E-state index in [2.05, 4.69) is 0 Å². The van der Waals surface area contributed by atoms with Crippen LogP contribution in [0.2, 0.25) is 0 Å². The first-order valence-electron chi connectivity index (χ1n) is 7.60. The van der Waals surface area contributed by atoms with Crippen LogP contribution in [0.3, 0.4) is 0 Å². The lowest BCUT2D eigenvalue weighted by Gasteiger charge is -2.10. The molecule has 3 aromatic rings. The van der Waals surface area contributed by atoms with Crippen LogP contribution in [0.25, 0.3) is 21.9 Å². The smallest absolute Gasteiger partial charge is 0.342 e. The van der Waals surface area contributed by atoms with E-state index < -0.39 is 5.63 Å². The van der Waals surface area contributed by atoms with E-state index >= 15 is 0 Å². The van der Waals surface area contributed by atoms with Crippen molar-refractivity contribution in [2.24, 2.45) is 0 Å². The number of aliphatic hydroxyl groups excluding tert-OH is 1. The SMILES string of the molecule is Cc1oc2c(C)c3oc(=O)c(COCCO)c(C)c3cc2c1C. The van der Waals surface area contributed by atoms with Crippen molar-refractivity contribution >= 4 is 21.9 Å². The standard InChI is InChI=1S/C18H20O5/c1-9-12(4)22-16-11(3)17-14(7-13(9)16)10(2)15(18(20)23-17)8-21-6-5-19/h7,19H,5-6,8H2,1-4H3. The molecule has 0 amide bonds. The van der Waals surface area contributed by atoms with Gasteiger partial charge in [-0.25, -0.2) is 4.79 Å². The number of aliphatic hydroxyl groups is 1. The van der Waals surface area contributed by atoms with Crippen LogP contribution in [0.1, 0.15) is 28.0 Å². The zero-order valence-corrected chi connectivity index (χ0v) is 13.8. The molecule has 0 spiro atoms. The fraction of sp³-hybridized carbons (Fsp3) is 0.389. The molecule has 1 N–H and O–H groups in total. The predicted octanol–water partition coefficient (Wildman–Crippen LogP) is 3.28. The molecule has 0 aliphatic carbocycles. The molecule has 122 valence electrons. The quantitative estimate of drug-likeness (QED) is 0.590. The van der Waals surface area contributed by atoms with E-state index in [9.17, 15) is 4.79 Å². The molecule has 2 aromatic heterocycles. The highest BCUT2D eigenvalue weighted by Gasteiger charge is 2.18. The second-order valence-electron chi connectivity index (χ2n) is 5.81. The summed E-state index contributed by atoms with van der Waals surface area (Å²) in [6.07, 6.45) is 0. The molecular formula is C18H20O5. The number of furan rings is 1. The van der Waals surface area contributed by atoms with Crippen LogP contribution < -0.4 is 5.63 Å². The van der Waals surface area contributed by atoms with Gasteiger partial charge in [0.25, 0.3) is 0 Å². The van der Waals surface area contributed by atoms with Gasteiger partial charge in [0.2, 0.25) is 0 Å². The third-order valence-electron chi connectivity index (χ3n) is 4.43. The Balaban J connectivity index is 2.29. The molecule has 5 heteroatoms. The second-order valence-corrected chi connectivity index (χ2v) is 5.81. The van der Waals surface area contributed by atoms with Gasteiger partial charge in [-0.05, 0) is 44.9 Å². The monoisotopic (exact) mass is 316 g/mol. The average Bonchev–Trinajstić information content (AvgIpc) is 2.80. The first-order valence-corrected chi connectivity index (χ1v) is 7.60. The third-order valence-corrected chi connectivity index (χ3v) is 4.43. The van der Waals surface area contributed by atoms with Crippen molar-refractivity contribution in [2.75, 3.05) is 13.2 Å². The van der Waals surface area contributed by atoms with Gasteiger partial charge in [0, 0.05) is 16.3 Å². The largest absolute Gasteiger partial charge is 0.461 e. The number of benzene rings is 1. The Morgan fingerprint density at radius 2 is 1.65 bits per heavy atom. The Bertz CT molecular complexity index is 946. The fourth-order valence-electron chi connectivity index (χ4n) is 2.90. The van der Waals surface area contributed by atoms with E-state index in [0.717, 1.165) is 38.8 Å². The van der Waals surface area contributed by atoms with Crippen molar-refractivity contribution in [1.29, 1.82) is 0 Å². The molecule has 0 unspecified atom stereocenters. The van der Waals surface area contributed by atoms with Crippen LogP contribution in [-0.4, -0.2) is 18.3 Å². The van der Waals surface area contributed by atoms with E-state index in [0.29, 0.717) is 11.1 Å². The second kappa shape index (κ2) is 5.83. The highest BCUT2D eigenvalue weighted by molar-refractivity contribution is 6.00. The molecule has 0 saturated heterocycles. The van der Waals surface area contributed by atoms with Gasteiger partial charge < -0.3 is 18.7 Å². The molecular weight excluding hydrogens is 296 g/mol. The lowest BCUT2D eigenvalue weighted by atomic mass is 10.0. The van der Waals surface area contributed by atoms with Crippen molar-refractivity contribution in [1.82, 2.24) is 0 Å². The van der Waals surface area contributed by atoms with Crippen molar-refractivity contribution in [2.45, 2.75) is 34.3 Å². The van der Waals surface area contributed by atoms with Crippen molar-refractivity contribution in [3.05, 3.63) is 44.5 Å². The number of ether oxygens (including phenoxy) is 1. The van der Waals surface area contributed by atoms with Crippen LogP contribution in [0, 0.1) is 27.7 Å². The average molecular weight is 316 g/mol. The number of hydrogen-bond donors (Lipinski definition) is 1. The number of rotatable bonds is 4. The van der Waals surface area contributed by atoms with Crippen LogP contribution in [0.15, 0.2) is 19.7 Å². The third kappa shape index (κ3) is 2.46. The van der Waals surface area contributed by atoms with Crippen LogP contribution in [0.4, 0.5) is 0 Å². The molecule has 2 heterocycles. The van der Waals surface area contributed by atoms with Crippen molar-refractivity contribution in [3.8, 4) is 0 Å². The van der Waals surface area contributed by atoms with Gasteiger partial charge in [0.05, 0.1) is 25.4 Å². The molecule has 5 nitrogen and oxygen atoms in total. The Hall–Kier alpha value is -2.11. The molecule has 0 aliphatic heterocycles. The molecule has 0 saturated carbocycles. The molecule has 0 bridgehead atoms. The minimum absolute atomic E-state index is 0.0782. The highest BCUT2D eigenvalue weighted by atomic mass is 16.5. The first-order chi connectivity index (χ1) is 11.0. The van der Waals surface area contributed by atoms with Crippen molar-refractivity contribution in [3.63, 3.8) is 0 Å².